The van der Waals surface area contributed by atoms with Crippen molar-refractivity contribution in [3.63, 3.8) is 0 Å². The van der Waals surface area contributed by atoms with Crippen molar-refractivity contribution in [3.8, 4) is 11.5 Å². The number of aromatic nitrogens is 3. The molecule has 1 fully saturated rings. The van der Waals surface area contributed by atoms with Crippen molar-refractivity contribution in [2.45, 2.75) is 12.3 Å². The minimum atomic E-state index is -0.0217. The highest BCUT2D eigenvalue weighted by molar-refractivity contribution is 5.95. The molecule has 7 nitrogen and oxygen atoms in total. The Morgan fingerprint density at radius 1 is 1.19 bits per heavy atom. The Kier molecular flexibility index (Phi) is 4.43. The van der Waals surface area contributed by atoms with Gasteiger partial charge in [-0.25, -0.2) is 9.97 Å². The molecular formula is C20H22N4O3. The number of aryl methyl sites for hydroxylation is 1. The average molecular weight is 366 g/mol. The predicted octanol–water partition coefficient (Wildman–Crippen LogP) is 2.62. The van der Waals surface area contributed by atoms with Crippen LogP contribution in [0.2, 0.25) is 0 Å². The molecule has 0 radical (unpaired) electrons. The number of fused-ring (bicyclic) bond motifs is 1. The number of ether oxygens (including phenoxy) is 2. The number of likely N-dealkylation sites (tertiary alicyclic amines) is 1. The van der Waals surface area contributed by atoms with E-state index >= 15 is 0 Å². The predicted molar refractivity (Wildman–Crippen MR) is 101 cm³/mol. The molecule has 0 unspecified atom stereocenters. The number of pyridine rings is 1. The molecule has 0 saturated carbocycles. The Bertz CT molecular complexity index is 976. The fourth-order valence-corrected chi connectivity index (χ4v) is 3.68. The molecule has 1 aliphatic heterocycles. The second-order valence-electron chi connectivity index (χ2n) is 6.71. The third-order valence-electron chi connectivity index (χ3n) is 5.10. The summed E-state index contributed by atoms with van der Waals surface area (Å²) in [5, 5.41) is 0. The first-order chi connectivity index (χ1) is 13.1. The molecule has 2 aromatic heterocycles. The smallest absolute Gasteiger partial charge is 0.254 e. The minimum absolute atomic E-state index is 0.0217. The van der Waals surface area contributed by atoms with Gasteiger partial charge >= 0.3 is 0 Å². The second kappa shape index (κ2) is 6.90. The van der Waals surface area contributed by atoms with Crippen molar-refractivity contribution in [1.29, 1.82) is 0 Å². The molecule has 27 heavy (non-hydrogen) atoms. The summed E-state index contributed by atoms with van der Waals surface area (Å²) in [6.07, 6.45) is 2.65. The lowest BCUT2D eigenvalue weighted by atomic mass is 10.1. The standard InChI is InChI=1S/C20H22N4O3/c1-23-18(22-17-5-4-7-21-19(17)23)13-6-8-24(12-13)20(25)14-9-15(26-2)11-16(10-14)27-3/h4-5,7,9-11,13H,6,8,12H2,1-3H3/t13-/m0/s1. The Morgan fingerprint density at radius 2 is 1.93 bits per heavy atom. The number of amides is 1. The van der Waals surface area contributed by atoms with Gasteiger partial charge in [0, 0.05) is 43.9 Å². The van der Waals surface area contributed by atoms with Gasteiger partial charge in [0.2, 0.25) is 0 Å². The molecule has 3 aromatic rings. The van der Waals surface area contributed by atoms with Crippen molar-refractivity contribution in [3.05, 3.63) is 47.9 Å². The van der Waals surface area contributed by atoms with E-state index in [4.69, 9.17) is 14.5 Å². The number of carbonyl (C=O) groups is 1. The number of nitrogens with zero attached hydrogens (tertiary/aromatic N) is 4. The summed E-state index contributed by atoms with van der Waals surface area (Å²) >= 11 is 0. The van der Waals surface area contributed by atoms with Gasteiger partial charge in [0.1, 0.15) is 22.8 Å². The lowest BCUT2D eigenvalue weighted by Crippen LogP contribution is -2.28. The molecule has 1 saturated heterocycles. The fourth-order valence-electron chi connectivity index (χ4n) is 3.68. The third-order valence-corrected chi connectivity index (χ3v) is 5.10. The van der Waals surface area contributed by atoms with Crippen LogP contribution < -0.4 is 9.47 Å². The first kappa shape index (κ1) is 17.3. The molecule has 7 heteroatoms. The topological polar surface area (TPSA) is 69.5 Å². The molecule has 0 bridgehead atoms. The molecule has 1 amide bonds. The molecule has 140 valence electrons. The van der Waals surface area contributed by atoms with Gasteiger partial charge in [0.15, 0.2) is 5.65 Å². The van der Waals surface area contributed by atoms with Gasteiger partial charge in [0.05, 0.1) is 14.2 Å². The lowest BCUT2D eigenvalue weighted by Gasteiger charge is -2.17. The first-order valence-electron chi connectivity index (χ1n) is 8.90. The zero-order chi connectivity index (χ0) is 19.0. The van der Waals surface area contributed by atoms with Crippen LogP contribution in [0.4, 0.5) is 0 Å². The van der Waals surface area contributed by atoms with Crippen molar-refractivity contribution in [2.75, 3.05) is 27.3 Å². The van der Waals surface area contributed by atoms with E-state index in [2.05, 4.69) is 4.98 Å². The monoisotopic (exact) mass is 366 g/mol. The van der Waals surface area contributed by atoms with Crippen LogP contribution in [-0.4, -0.2) is 52.7 Å². The lowest BCUT2D eigenvalue weighted by molar-refractivity contribution is 0.0789. The summed E-state index contributed by atoms with van der Waals surface area (Å²) < 4.78 is 12.6. The summed E-state index contributed by atoms with van der Waals surface area (Å²) in [6, 6.07) is 9.11. The highest BCUT2D eigenvalue weighted by atomic mass is 16.5. The number of rotatable bonds is 4. The van der Waals surface area contributed by atoms with E-state index in [1.54, 1.807) is 38.6 Å². The molecule has 1 atom stereocenters. The molecule has 0 N–H and O–H groups in total. The van der Waals surface area contributed by atoms with Crippen LogP contribution in [0.5, 0.6) is 11.5 Å². The summed E-state index contributed by atoms with van der Waals surface area (Å²) in [5.41, 5.74) is 2.32. The van der Waals surface area contributed by atoms with Gasteiger partial charge < -0.3 is 18.9 Å². The summed E-state index contributed by atoms with van der Waals surface area (Å²) in [5.74, 6) is 2.36. The average Bonchev–Trinajstić information content (AvgIpc) is 3.32. The molecule has 1 aromatic carbocycles. The minimum Gasteiger partial charge on any atom is -0.497 e. The Balaban J connectivity index is 1.57. The van der Waals surface area contributed by atoms with Crippen molar-refractivity contribution >= 4 is 17.1 Å². The van der Waals surface area contributed by atoms with E-state index in [9.17, 15) is 4.79 Å². The zero-order valence-electron chi connectivity index (χ0n) is 15.7. The number of benzene rings is 1. The van der Waals surface area contributed by atoms with E-state index in [0.29, 0.717) is 30.2 Å². The van der Waals surface area contributed by atoms with Crippen LogP contribution in [0.25, 0.3) is 11.2 Å². The molecular weight excluding hydrogens is 344 g/mol. The maximum Gasteiger partial charge on any atom is 0.254 e. The van der Waals surface area contributed by atoms with Crippen molar-refractivity contribution in [2.24, 2.45) is 7.05 Å². The Hall–Kier alpha value is -3.09. The molecule has 3 heterocycles. The molecule has 0 aliphatic carbocycles. The van der Waals surface area contributed by atoms with Crippen LogP contribution >= 0.6 is 0 Å². The van der Waals surface area contributed by atoms with Gasteiger partial charge in [-0.15, -0.1) is 0 Å². The molecule has 1 aliphatic rings. The van der Waals surface area contributed by atoms with Gasteiger partial charge in [-0.1, -0.05) is 0 Å². The Labute approximate surface area is 157 Å². The number of carbonyl (C=O) groups excluding carboxylic acids is 1. The molecule has 0 spiro atoms. The quantitative estimate of drug-likeness (QED) is 0.710. The van der Waals surface area contributed by atoms with Gasteiger partial charge in [-0.05, 0) is 30.7 Å². The number of methoxy groups -OCH3 is 2. The summed E-state index contributed by atoms with van der Waals surface area (Å²) in [4.78, 5) is 24.0. The largest absolute Gasteiger partial charge is 0.497 e. The van der Waals surface area contributed by atoms with Crippen LogP contribution in [0, 0.1) is 0 Å². The second-order valence-corrected chi connectivity index (χ2v) is 6.71. The van der Waals surface area contributed by atoms with Crippen LogP contribution in [0.3, 0.4) is 0 Å². The Morgan fingerprint density at radius 3 is 2.59 bits per heavy atom. The van der Waals surface area contributed by atoms with Gasteiger partial charge in [-0.3, -0.25) is 4.79 Å². The van der Waals surface area contributed by atoms with Crippen LogP contribution in [-0.2, 0) is 7.05 Å². The van der Waals surface area contributed by atoms with Crippen LogP contribution in [0.1, 0.15) is 28.5 Å². The zero-order valence-corrected chi connectivity index (χ0v) is 15.7. The SMILES string of the molecule is COc1cc(OC)cc(C(=O)N2CC[C@H](c3nc4cccnc4n3C)C2)c1. The van der Waals surface area contributed by atoms with Gasteiger partial charge in [-0.2, -0.15) is 0 Å². The summed E-state index contributed by atoms with van der Waals surface area (Å²) in [7, 11) is 5.14. The maximum atomic E-state index is 13.0. The van der Waals surface area contributed by atoms with Crippen LogP contribution in [0.15, 0.2) is 36.5 Å². The highest BCUT2D eigenvalue weighted by Gasteiger charge is 2.31. The van der Waals surface area contributed by atoms with E-state index in [1.165, 1.54) is 0 Å². The van der Waals surface area contributed by atoms with Gasteiger partial charge in [0.25, 0.3) is 5.91 Å². The third kappa shape index (κ3) is 3.09. The maximum absolute atomic E-state index is 13.0. The van der Waals surface area contributed by atoms with E-state index in [0.717, 1.165) is 23.4 Å². The first-order valence-corrected chi connectivity index (χ1v) is 8.90. The normalized spacial score (nSPS) is 16.7. The van der Waals surface area contributed by atoms with E-state index in [1.807, 2.05) is 28.6 Å². The fraction of sp³-hybridized carbons (Fsp3) is 0.350. The van der Waals surface area contributed by atoms with Crippen molar-refractivity contribution in [1.82, 2.24) is 19.4 Å². The van der Waals surface area contributed by atoms with E-state index < -0.39 is 0 Å². The number of hydrogen-bond donors (Lipinski definition) is 0. The summed E-state index contributed by atoms with van der Waals surface area (Å²) in [6.45, 7) is 1.33. The highest BCUT2D eigenvalue weighted by Crippen LogP contribution is 2.30. The molecule has 4 rings (SSSR count). The number of imidazole rings is 1. The van der Waals surface area contributed by atoms with Crippen molar-refractivity contribution < 1.29 is 14.3 Å². The number of hydrogen-bond acceptors (Lipinski definition) is 5. The van der Waals surface area contributed by atoms with E-state index in [-0.39, 0.29) is 11.8 Å².